The highest BCUT2D eigenvalue weighted by molar-refractivity contribution is 5.91. The van der Waals surface area contributed by atoms with E-state index in [1.165, 1.54) is 17.5 Å². The van der Waals surface area contributed by atoms with Gasteiger partial charge < -0.3 is 4.74 Å². The van der Waals surface area contributed by atoms with E-state index in [9.17, 15) is 4.79 Å². The van der Waals surface area contributed by atoms with Gasteiger partial charge in [-0.15, -0.1) is 0 Å². The summed E-state index contributed by atoms with van der Waals surface area (Å²) in [6.45, 7) is 0. The van der Waals surface area contributed by atoms with Gasteiger partial charge in [0.25, 0.3) is 0 Å². The van der Waals surface area contributed by atoms with Gasteiger partial charge in [0.15, 0.2) is 5.78 Å². The summed E-state index contributed by atoms with van der Waals surface area (Å²) < 4.78 is 5.34. The Morgan fingerprint density at radius 3 is 2.83 bits per heavy atom. The summed E-state index contributed by atoms with van der Waals surface area (Å²) in [7, 11) is 1.71. The van der Waals surface area contributed by atoms with Gasteiger partial charge in [0.05, 0.1) is 7.11 Å². The highest BCUT2D eigenvalue weighted by Crippen LogP contribution is 2.44. The van der Waals surface area contributed by atoms with Crippen molar-refractivity contribution in [1.82, 2.24) is 0 Å². The predicted octanol–water partition coefficient (Wildman–Crippen LogP) is 3.19. The Hall–Kier alpha value is -1.57. The lowest BCUT2D eigenvalue weighted by molar-refractivity contribution is -0.115. The normalized spacial score (nSPS) is 26.2. The Kier molecular flexibility index (Phi) is 2.73. The molecule has 2 aliphatic rings. The average molecular weight is 242 g/mol. The van der Waals surface area contributed by atoms with Crippen LogP contribution in [0.5, 0.6) is 5.75 Å². The van der Waals surface area contributed by atoms with Crippen LogP contribution in [-0.4, -0.2) is 12.9 Å². The molecule has 1 aromatic rings. The van der Waals surface area contributed by atoms with E-state index in [1.807, 2.05) is 6.07 Å². The minimum Gasteiger partial charge on any atom is -0.497 e. The molecule has 0 aromatic heterocycles. The number of allylic oxidation sites excluding steroid dienone is 2. The molecule has 2 heteroatoms. The van der Waals surface area contributed by atoms with E-state index in [2.05, 4.69) is 18.2 Å². The van der Waals surface area contributed by atoms with Crippen LogP contribution in [0.3, 0.4) is 0 Å². The van der Waals surface area contributed by atoms with Crippen molar-refractivity contribution in [1.29, 1.82) is 0 Å². The molecule has 2 aliphatic carbocycles. The van der Waals surface area contributed by atoms with Crippen molar-refractivity contribution in [2.45, 2.75) is 37.5 Å². The molecule has 0 heterocycles. The maximum atomic E-state index is 11.4. The van der Waals surface area contributed by atoms with Crippen LogP contribution < -0.4 is 4.74 Å². The molecular formula is C16H18O2. The number of aryl methyl sites for hydroxylation is 1. The number of hydrogen-bond acceptors (Lipinski definition) is 2. The summed E-state index contributed by atoms with van der Waals surface area (Å²) in [5.41, 5.74) is 2.87. The first-order chi connectivity index (χ1) is 8.73. The predicted molar refractivity (Wildman–Crippen MR) is 71.0 cm³/mol. The number of ketones is 1. The van der Waals surface area contributed by atoms with Gasteiger partial charge in [-0.3, -0.25) is 4.79 Å². The number of carbonyl (C=O) groups excluding carboxylic acids is 1. The maximum Gasteiger partial charge on any atom is 0.155 e. The zero-order chi connectivity index (χ0) is 12.6. The van der Waals surface area contributed by atoms with E-state index in [0.29, 0.717) is 6.42 Å². The lowest BCUT2D eigenvalue weighted by Gasteiger charge is -2.38. The molecule has 0 saturated carbocycles. The Morgan fingerprint density at radius 1 is 1.22 bits per heavy atom. The summed E-state index contributed by atoms with van der Waals surface area (Å²) >= 11 is 0. The Labute approximate surface area is 108 Å². The van der Waals surface area contributed by atoms with Gasteiger partial charge in [0.2, 0.25) is 0 Å². The molecular weight excluding hydrogens is 224 g/mol. The van der Waals surface area contributed by atoms with Crippen molar-refractivity contribution in [3.05, 3.63) is 41.5 Å². The molecule has 3 rings (SSSR count). The minimum absolute atomic E-state index is 0.0794. The van der Waals surface area contributed by atoms with Crippen molar-refractivity contribution in [2.75, 3.05) is 7.11 Å². The summed E-state index contributed by atoms with van der Waals surface area (Å²) in [5, 5.41) is 0. The molecule has 0 bridgehead atoms. The first-order valence-corrected chi connectivity index (χ1v) is 6.63. The number of benzene rings is 1. The molecule has 94 valence electrons. The zero-order valence-electron chi connectivity index (χ0n) is 10.7. The number of hydrogen-bond donors (Lipinski definition) is 0. The van der Waals surface area contributed by atoms with Gasteiger partial charge in [0, 0.05) is 11.8 Å². The number of methoxy groups -OCH3 is 1. The minimum atomic E-state index is 0.0794. The van der Waals surface area contributed by atoms with Crippen molar-refractivity contribution in [3.63, 3.8) is 0 Å². The first-order valence-electron chi connectivity index (χ1n) is 6.63. The number of ether oxygens (including phenoxy) is 1. The molecule has 0 saturated heterocycles. The number of rotatable bonds is 1. The van der Waals surface area contributed by atoms with Crippen molar-refractivity contribution in [2.24, 2.45) is 0 Å². The summed E-state index contributed by atoms with van der Waals surface area (Å²) in [4.78, 5) is 11.4. The van der Waals surface area contributed by atoms with Crippen LogP contribution in [0.25, 0.3) is 0 Å². The largest absolute Gasteiger partial charge is 0.497 e. The Bertz CT molecular complexity index is 516. The van der Waals surface area contributed by atoms with Crippen LogP contribution in [0.1, 0.15) is 36.8 Å². The van der Waals surface area contributed by atoms with Gasteiger partial charge in [-0.25, -0.2) is 0 Å². The monoisotopic (exact) mass is 242 g/mol. The maximum absolute atomic E-state index is 11.4. The number of fused-ring (bicyclic) bond motifs is 2. The molecule has 2 nitrogen and oxygen atoms in total. The average Bonchev–Trinajstić information content (AvgIpc) is 2.42. The highest BCUT2D eigenvalue weighted by atomic mass is 16.5. The smallest absolute Gasteiger partial charge is 0.155 e. The zero-order valence-corrected chi connectivity index (χ0v) is 10.7. The van der Waals surface area contributed by atoms with E-state index in [-0.39, 0.29) is 11.2 Å². The molecule has 0 aliphatic heterocycles. The first kappa shape index (κ1) is 11.5. The topological polar surface area (TPSA) is 26.3 Å². The molecule has 1 atom stereocenters. The van der Waals surface area contributed by atoms with E-state index in [4.69, 9.17) is 4.74 Å². The molecule has 0 N–H and O–H groups in total. The van der Waals surface area contributed by atoms with E-state index < -0.39 is 0 Å². The van der Waals surface area contributed by atoms with Crippen LogP contribution in [0.2, 0.25) is 0 Å². The second kappa shape index (κ2) is 4.27. The molecule has 0 radical (unpaired) electrons. The molecule has 1 spiro atoms. The fourth-order valence-electron chi connectivity index (χ4n) is 3.29. The third-order valence-electron chi connectivity index (χ3n) is 4.33. The fraction of sp³-hybridized carbons (Fsp3) is 0.438. The van der Waals surface area contributed by atoms with Crippen LogP contribution in [0.4, 0.5) is 0 Å². The Morgan fingerprint density at radius 2 is 2.11 bits per heavy atom. The standard InChI is InChI=1S/C16H18O2/c1-18-14-5-4-12-3-2-8-16(15(12)11-14)9-6-13(17)7-10-16/h4-6,9,11H,2-3,7-8,10H2,1H3/t16-/m1/s1. The van der Waals surface area contributed by atoms with Crippen LogP contribution >= 0.6 is 0 Å². The lowest BCUT2D eigenvalue weighted by Crippen LogP contribution is -2.32. The summed E-state index contributed by atoms with van der Waals surface area (Å²) in [6, 6.07) is 6.38. The third kappa shape index (κ3) is 1.76. The van der Waals surface area contributed by atoms with Crippen molar-refractivity contribution in [3.8, 4) is 5.75 Å². The van der Waals surface area contributed by atoms with Crippen molar-refractivity contribution < 1.29 is 9.53 Å². The summed E-state index contributed by atoms with van der Waals surface area (Å²) in [6.07, 6.45) is 9.03. The molecule has 1 aromatic carbocycles. The molecule has 0 amide bonds. The number of carbonyl (C=O) groups is 1. The van der Waals surface area contributed by atoms with Gasteiger partial charge in [-0.1, -0.05) is 12.1 Å². The van der Waals surface area contributed by atoms with E-state index in [0.717, 1.165) is 25.0 Å². The fourth-order valence-corrected chi connectivity index (χ4v) is 3.29. The Balaban J connectivity index is 2.10. The highest BCUT2D eigenvalue weighted by Gasteiger charge is 2.36. The SMILES string of the molecule is COc1ccc2c(c1)[C@@]1(C=CC(=O)CC1)CCC2. The van der Waals surface area contributed by atoms with E-state index in [1.54, 1.807) is 13.2 Å². The second-order valence-electron chi connectivity index (χ2n) is 5.33. The molecule has 0 fully saturated rings. The van der Waals surface area contributed by atoms with Gasteiger partial charge in [-0.2, -0.15) is 0 Å². The van der Waals surface area contributed by atoms with Crippen LogP contribution in [0.15, 0.2) is 30.4 Å². The quantitative estimate of drug-likeness (QED) is 0.756. The van der Waals surface area contributed by atoms with Crippen molar-refractivity contribution >= 4 is 5.78 Å². The van der Waals surface area contributed by atoms with Crippen LogP contribution in [0, 0.1) is 0 Å². The van der Waals surface area contributed by atoms with Gasteiger partial charge in [-0.05, 0) is 55.0 Å². The molecule has 0 unspecified atom stereocenters. The van der Waals surface area contributed by atoms with Gasteiger partial charge in [0.1, 0.15) is 5.75 Å². The third-order valence-corrected chi connectivity index (χ3v) is 4.33. The second-order valence-corrected chi connectivity index (χ2v) is 5.33. The summed E-state index contributed by atoms with van der Waals surface area (Å²) in [5.74, 6) is 1.18. The van der Waals surface area contributed by atoms with Crippen LogP contribution in [-0.2, 0) is 16.6 Å². The van der Waals surface area contributed by atoms with E-state index >= 15 is 0 Å². The lowest BCUT2D eigenvalue weighted by atomic mass is 9.65. The van der Waals surface area contributed by atoms with Gasteiger partial charge >= 0.3 is 0 Å². The molecule has 18 heavy (non-hydrogen) atoms.